The molecule has 2 heterocycles. The highest BCUT2D eigenvalue weighted by Gasteiger charge is 2.50. The van der Waals surface area contributed by atoms with Crippen LogP contribution < -0.4 is 15.2 Å². The van der Waals surface area contributed by atoms with Gasteiger partial charge in [0, 0.05) is 30.9 Å². The van der Waals surface area contributed by atoms with E-state index in [0.717, 1.165) is 41.0 Å². The third-order valence-electron chi connectivity index (χ3n) is 5.86. The molecule has 0 unspecified atom stereocenters. The fourth-order valence-corrected chi connectivity index (χ4v) is 3.93. The number of primary amides is 1. The second-order valence-corrected chi connectivity index (χ2v) is 7.73. The Labute approximate surface area is 175 Å². The lowest BCUT2D eigenvalue weighted by Crippen LogP contribution is -2.22. The number of ether oxygens (including phenoxy) is 2. The van der Waals surface area contributed by atoms with Crippen molar-refractivity contribution >= 4 is 11.7 Å². The van der Waals surface area contributed by atoms with E-state index >= 15 is 0 Å². The molecule has 6 heteroatoms. The first-order chi connectivity index (χ1) is 14.5. The number of fused-ring (bicyclic) bond motifs is 1. The van der Waals surface area contributed by atoms with Crippen molar-refractivity contribution in [1.29, 1.82) is 0 Å². The monoisotopic (exact) mass is 402 g/mol. The highest BCUT2D eigenvalue weighted by Crippen LogP contribution is 2.51. The van der Waals surface area contributed by atoms with Crippen LogP contribution in [0.1, 0.15) is 35.9 Å². The summed E-state index contributed by atoms with van der Waals surface area (Å²) < 4.78 is 10.8. The van der Waals surface area contributed by atoms with E-state index in [1.54, 1.807) is 24.4 Å². The van der Waals surface area contributed by atoms with E-state index in [1.807, 2.05) is 36.4 Å². The lowest BCUT2D eigenvalue weighted by molar-refractivity contribution is -0.120. The number of carbonyl (C=O) groups is 2. The van der Waals surface area contributed by atoms with Gasteiger partial charge in [0.25, 0.3) is 0 Å². The molecule has 30 heavy (non-hydrogen) atoms. The van der Waals surface area contributed by atoms with Crippen molar-refractivity contribution in [2.75, 3.05) is 6.79 Å². The van der Waals surface area contributed by atoms with Crippen LogP contribution in [0.5, 0.6) is 11.5 Å². The SMILES string of the molecule is NC(=O)c1cccc(-c2ccc(CC(=O)C3(c4ccc5c(c4)OCO5)CC3)nc2)c1.[HH]. The summed E-state index contributed by atoms with van der Waals surface area (Å²) in [4.78, 5) is 29.0. The number of hydrogen-bond acceptors (Lipinski definition) is 5. The lowest BCUT2D eigenvalue weighted by Gasteiger charge is -2.15. The zero-order valence-electron chi connectivity index (χ0n) is 16.3. The summed E-state index contributed by atoms with van der Waals surface area (Å²) in [7, 11) is 0. The van der Waals surface area contributed by atoms with Crippen LogP contribution in [-0.2, 0) is 16.6 Å². The molecule has 0 spiro atoms. The van der Waals surface area contributed by atoms with Crippen LogP contribution in [-0.4, -0.2) is 23.5 Å². The molecule has 0 bridgehead atoms. The Balaban J connectivity index is 0.00000231. The quantitative estimate of drug-likeness (QED) is 0.679. The van der Waals surface area contributed by atoms with E-state index in [4.69, 9.17) is 15.2 Å². The standard InChI is InChI=1S/C24H20N2O4.H2/c25-23(28)16-3-1-2-15(10-16)17-4-6-19(26-13-17)12-22(27)24(8-9-24)18-5-7-20-21(11-18)30-14-29-20;/h1-7,10-11,13H,8-9,12,14H2,(H2,25,28);1H. The number of benzene rings is 2. The average Bonchev–Trinajstić information content (AvgIpc) is 3.45. The second-order valence-electron chi connectivity index (χ2n) is 7.73. The van der Waals surface area contributed by atoms with Crippen molar-refractivity contribution < 1.29 is 20.5 Å². The Morgan fingerprint density at radius 1 is 1.00 bits per heavy atom. The number of rotatable bonds is 6. The summed E-state index contributed by atoms with van der Waals surface area (Å²) in [6, 6.07) is 16.6. The van der Waals surface area contributed by atoms with Crippen molar-refractivity contribution in [3.8, 4) is 22.6 Å². The number of carbonyl (C=O) groups excluding carboxylic acids is 2. The average molecular weight is 402 g/mol. The number of aromatic nitrogens is 1. The molecule has 0 atom stereocenters. The number of pyridine rings is 1. The van der Waals surface area contributed by atoms with Crippen LogP contribution in [0.3, 0.4) is 0 Å². The molecule has 1 aliphatic carbocycles. The third-order valence-corrected chi connectivity index (χ3v) is 5.86. The molecule has 1 saturated carbocycles. The number of Topliss-reactive ketones (excluding diaryl/α,β-unsaturated/α-hetero) is 1. The number of ketones is 1. The van der Waals surface area contributed by atoms with Gasteiger partial charge in [0.1, 0.15) is 5.78 Å². The number of nitrogens with zero attached hydrogens (tertiary/aromatic N) is 1. The summed E-state index contributed by atoms with van der Waals surface area (Å²) in [5, 5.41) is 0. The molecule has 152 valence electrons. The van der Waals surface area contributed by atoms with Gasteiger partial charge >= 0.3 is 0 Å². The van der Waals surface area contributed by atoms with E-state index in [1.165, 1.54) is 0 Å². The molecule has 2 aliphatic rings. The van der Waals surface area contributed by atoms with Crippen LogP contribution in [0, 0.1) is 0 Å². The molecule has 1 aliphatic heterocycles. The van der Waals surface area contributed by atoms with Gasteiger partial charge in [0.05, 0.1) is 5.41 Å². The topological polar surface area (TPSA) is 91.5 Å². The Hall–Kier alpha value is -3.67. The first-order valence-corrected chi connectivity index (χ1v) is 9.84. The van der Waals surface area contributed by atoms with Gasteiger partial charge in [-0.05, 0) is 54.3 Å². The maximum Gasteiger partial charge on any atom is 0.248 e. The minimum atomic E-state index is -0.467. The molecule has 6 nitrogen and oxygen atoms in total. The van der Waals surface area contributed by atoms with E-state index in [9.17, 15) is 9.59 Å². The number of hydrogen-bond donors (Lipinski definition) is 1. The Morgan fingerprint density at radius 2 is 1.83 bits per heavy atom. The van der Waals surface area contributed by atoms with E-state index in [2.05, 4.69) is 4.98 Å². The van der Waals surface area contributed by atoms with Crippen LogP contribution in [0.2, 0.25) is 0 Å². The predicted octanol–water partition coefficient (Wildman–Crippen LogP) is 3.67. The van der Waals surface area contributed by atoms with Crippen LogP contribution in [0.25, 0.3) is 11.1 Å². The minimum absolute atomic E-state index is 0. The largest absolute Gasteiger partial charge is 0.454 e. The van der Waals surface area contributed by atoms with Crippen molar-refractivity contribution in [3.05, 3.63) is 77.6 Å². The summed E-state index contributed by atoms with van der Waals surface area (Å²) in [5.74, 6) is 1.12. The number of amides is 1. The predicted molar refractivity (Wildman–Crippen MR) is 112 cm³/mol. The summed E-state index contributed by atoms with van der Waals surface area (Å²) in [6.45, 7) is 0.221. The van der Waals surface area contributed by atoms with Gasteiger partial charge in [0.15, 0.2) is 11.5 Å². The fourth-order valence-electron chi connectivity index (χ4n) is 3.93. The van der Waals surface area contributed by atoms with Gasteiger partial charge in [-0.2, -0.15) is 0 Å². The maximum atomic E-state index is 13.1. The van der Waals surface area contributed by atoms with Crippen molar-refractivity contribution in [2.45, 2.75) is 24.7 Å². The van der Waals surface area contributed by atoms with Crippen molar-refractivity contribution in [1.82, 2.24) is 4.98 Å². The fraction of sp³-hybridized carbons (Fsp3) is 0.208. The smallest absolute Gasteiger partial charge is 0.248 e. The zero-order chi connectivity index (χ0) is 20.7. The van der Waals surface area contributed by atoms with Crippen molar-refractivity contribution in [3.63, 3.8) is 0 Å². The molecule has 0 saturated heterocycles. The van der Waals surface area contributed by atoms with Gasteiger partial charge in [0.2, 0.25) is 12.7 Å². The van der Waals surface area contributed by atoms with E-state index < -0.39 is 11.3 Å². The van der Waals surface area contributed by atoms with E-state index in [-0.39, 0.29) is 20.4 Å². The highest BCUT2D eigenvalue weighted by molar-refractivity contribution is 5.95. The zero-order valence-corrected chi connectivity index (χ0v) is 16.3. The molecular weight excluding hydrogens is 380 g/mol. The normalized spacial score (nSPS) is 15.6. The van der Waals surface area contributed by atoms with Crippen LogP contribution >= 0.6 is 0 Å². The molecule has 2 aromatic carbocycles. The van der Waals surface area contributed by atoms with Gasteiger partial charge in [-0.3, -0.25) is 14.6 Å². The molecule has 1 aromatic heterocycles. The first-order valence-electron chi connectivity index (χ1n) is 9.84. The molecular formula is C24H22N2O4. The molecule has 0 radical (unpaired) electrons. The summed E-state index contributed by atoms with van der Waals surface area (Å²) in [6.07, 6.45) is 3.67. The first kappa shape index (κ1) is 18.4. The molecule has 5 rings (SSSR count). The van der Waals surface area contributed by atoms with Crippen LogP contribution in [0.15, 0.2) is 60.8 Å². The maximum absolute atomic E-state index is 13.1. The molecule has 1 fully saturated rings. The molecule has 1 amide bonds. The van der Waals surface area contributed by atoms with Crippen LogP contribution in [0.4, 0.5) is 0 Å². The third kappa shape index (κ3) is 3.20. The van der Waals surface area contributed by atoms with E-state index in [0.29, 0.717) is 11.3 Å². The van der Waals surface area contributed by atoms with Gasteiger partial charge in [-0.1, -0.05) is 24.3 Å². The Morgan fingerprint density at radius 3 is 2.57 bits per heavy atom. The summed E-state index contributed by atoms with van der Waals surface area (Å²) in [5.41, 5.74) is 8.79. The molecule has 3 aromatic rings. The minimum Gasteiger partial charge on any atom is -0.454 e. The summed E-state index contributed by atoms with van der Waals surface area (Å²) >= 11 is 0. The highest BCUT2D eigenvalue weighted by atomic mass is 16.7. The van der Waals surface area contributed by atoms with Gasteiger partial charge in [-0.25, -0.2) is 0 Å². The Kier molecular flexibility index (Phi) is 4.28. The Bertz CT molecular complexity index is 1160. The van der Waals surface area contributed by atoms with Gasteiger partial charge < -0.3 is 15.2 Å². The second kappa shape index (κ2) is 6.99. The lowest BCUT2D eigenvalue weighted by atomic mass is 9.88. The van der Waals surface area contributed by atoms with Crippen molar-refractivity contribution in [2.24, 2.45) is 5.73 Å². The molecule has 2 N–H and O–H groups in total. The van der Waals surface area contributed by atoms with Gasteiger partial charge in [-0.15, -0.1) is 0 Å². The number of nitrogens with two attached hydrogens (primary N) is 1.